The number of benzene rings is 2. The topological polar surface area (TPSA) is 74.6 Å². The summed E-state index contributed by atoms with van der Waals surface area (Å²) in [5, 5.41) is 11.7. The van der Waals surface area contributed by atoms with Gasteiger partial charge in [-0.2, -0.15) is 5.26 Å². The molecule has 0 radical (unpaired) electrons. The first-order valence-electron chi connectivity index (χ1n) is 8.46. The fourth-order valence-electron chi connectivity index (χ4n) is 2.26. The van der Waals surface area contributed by atoms with Crippen LogP contribution < -0.4 is 14.8 Å². The highest BCUT2D eigenvalue weighted by Crippen LogP contribution is 2.26. The molecule has 6 nitrogen and oxygen atoms in total. The molecule has 1 amide bonds. The van der Waals surface area contributed by atoms with Crippen LogP contribution in [0.2, 0.25) is 0 Å². The maximum Gasteiger partial charge on any atom is 0.248 e. The van der Waals surface area contributed by atoms with Gasteiger partial charge in [0.2, 0.25) is 5.91 Å². The van der Waals surface area contributed by atoms with Crippen LogP contribution in [0.3, 0.4) is 0 Å². The molecule has 0 bridgehead atoms. The molecular formula is C21H23N3O3. The first-order chi connectivity index (χ1) is 13.0. The van der Waals surface area contributed by atoms with E-state index in [2.05, 4.69) is 5.32 Å². The Hall–Kier alpha value is -3.30. The highest BCUT2D eigenvalue weighted by molar-refractivity contribution is 6.02. The minimum atomic E-state index is -0.292. The lowest BCUT2D eigenvalue weighted by atomic mass is 10.1. The van der Waals surface area contributed by atoms with Gasteiger partial charge in [-0.3, -0.25) is 4.79 Å². The molecule has 0 aliphatic rings. The molecule has 2 rings (SSSR count). The quantitative estimate of drug-likeness (QED) is 0.728. The van der Waals surface area contributed by atoms with Crippen molar-refractivity contribution in [2.75, 3.05) is 39.7 Å². The highest BCUT2D eigenvalue weighted by atomic mass is 16.5. The van der Waals surface area contributed by atoms with Crippen LogP contribution >= 0.6 is 0 Å². The first kappa shape index (κ1) is 20.0. The summed E-state index contributed by atoms with van der Waals surface area (Å²) in [7, 11) is 5.54. The van der Waals surface area contributed by atoms with E-state index < -0.39 is 0 Å². The normalized spacial score (nSPS) is 10.6. The lowest BCUT2D eigenvalue weighted by Gasteiger charge is -2.13. The Balaban J connectivity index is 2.09. The third kappa shape index (κ3) is 6.49. The van der Waals surface area contributed by atoms with Crippen molar-refractivity contribution in [3.05, 3.63) is 59.7 Å². The van der Waals surface area contributed by atoms with Crippen molar-refractivity contribution in [1.82, 2.24) is 4.90 Å². The fourth-order valence-corrected chi connectivity index (χ4v) is 2.26. The average Bonchev–Trinajstić information content (AvgIpc) is 2.66. The standard InChI is InChI=1S/C21H23N3O3/c1-24(2)11-12-27-20-14-19(26-3)9-7-17(20)8-10-21(25)23-18-6-4-5-16(13-18)15-22/h4-10,13-14H,11-12H2,1-3H3,(H,23,25)/b10-8+. The zero-order valence-corrected chi connectivity index (χ0v) is 15.7. The molecule has 0 aromatic heterocycles. The molecule has 0 aliphatic carbocycles. The van der Waals surface area contributed by atoms with Gasteiger partial charge in [0.25, 0.3) is 0 Å². The molecule has 0 saturated carbocycles. The van der Waals surface area contributed by atoms with E-state index in [4.69, 9.17) is 14.7 Å². The van der Waals surface area contributed by atoms with Crippen molar-refractivity contribution in [2.24, 2.45) is 0 Å². The molecular weight excluding hydrogens is 342 g/mol. The molecule has 140 valence electrons. The number of carbonyl (C=O) groups excluding carboxylic acids is 1. The van der Waals surface area contributed by atoms with Gasteiger partial charge in [0.1, 0.15) is 18.1 Å². The molecule has 0 heterocycles. The van der Waals surface area contributed by atoms with Gasteiger partial charge >= 0.3 is 0 Å². The minimum Gasteiger partial charge on any atom is -0.497 e. The van der Waals surface area contributed by atoms with E-state index in [1.165, 1.54) is 6.08 Å². The smallest absolute Gasteiger partial charge is 0.248 e. The van der Waals surface area contributed by atoms with Gasteiger partial charge < -0.3 is 19.7 Å². The Kier molecular flexibility index (Phi) is 7.41. The second-order valence-electron chi connectivity index (χ2n) is 6.07. The number of rotatable bonds is 8. The molecule has 0 unspecified atom stereocenters. The lowest BCUT2D eigenvalue weighted by Crippen LogP contribution is -2.19. The summed E-state index contributed by atoms with van der Waals surface area (Å²) in [6.45, 7) is 1.30. The van der Waals surface area contributed by atoms with Crippen LogP contribution in [0.25, 0.3) is 6.08 Å². The van der Waals surface area contributed by atoms with Crippen LogP contribution in [0.4, 0.5) is 5.69 Å². The molecule has 0 saturated heterocycles. The van der Waals surface area contributed by atoms with E-state index in [9.17, 15) is 4.79 Å². The van der Waals surface area contributed by atoms with E-state index >= 15 is 0 Å². The first-order valence-corrected chi connectivity index (χ1v) is 8.46. The number of likely N-dealkylation sites (N-methyl/N-ethyl adjacent to an activating group) is 1. The molecule has 27 heavy (non-hydrogen) atoms. The van der Waals surface area contributed by atoms with Crippen LogP contribution in [-0.4, -0.2) is 45.2 Å². The van der Waals surface area contributed by atoms with Crippen molar-refractivity contribution in [3.63, 3.8) is 0 Å². The third-order valence-corrected chi connectivity index (χ3v) is 3.69. The number of carbonyl (C=O) groups is 1. The maximum absolute atomic E-state index is 12.2. The number of nitrogens with zero attached hydrogens (tertiary/aromatic N) is 2. The number of nitrogens with one attached hydrogen (secondary N) is 1. The van der Waals surface area contributed by atoms with Gasteiger partial charge in [0.15, 0.2) is 0 Å². The number of methoxy groups -OCH3 is 1. The fraction of sp³-hybridized carbons (Fsp3) is 0.238. The van der Waals surface area contributed by atoms with E-state index in [1.54, 1.807) is 43.5 Å². The summed E-state index contributed by atoms with van der Waals surface area (Å²) in [4.78, 5) is 14.2. The van der Waals surface area contributed by atoms with Gasteiger partial charge in [-0.25, -0.2) is 0 Å². The molecule has 1 N–H and O–H groups in total. The number of hydrogen-bond donors (Lipinski definition) is 1. The summed E-state index contributed by atoms with van der Waals surface area (Å²) in [6.07, 6.45) is 3.12. The Morgan fingerprint density at radius 1 is 1.26 bits per heavy atom. The number of anilines is 1. The maximum atomic E-state index is 12.2. The summed E-state index contributed by atoms with van der Waals surface area (Å²) >= 11 is 0. The predicted molar refractivity (Wildman–Crippen MR) is 106 cm³/mol. The lowest BCUT2D eigenvalue weighted by molar-refractivity contribution is -0.111. The molecule has 0 aliphatic heterocycles. The minimum absolute atomic E-state index is 0.292. The van der Waals surface area contributed by atoms with Crippen LogP contribution in [0.5, 0.6) is 11.5 Å². The summed E-state index contributed by atoms with van der Waals surface area (Å²) < 4.78 is 11.1. The van der Waals surface area contributed by atoms with Crippen molar-refractivity contribution in [1.29, 1.82) is 5.26 Å². The van der Waals surface area contributed by atoms with Crippen molar-refractivity contribution in [3.8, 4) is 17.6 Å². The third-order valence-electron chi connectivity index (χ3n) is 3.69. The van der Waals surface area contributed by atoms with Gasteiger partial charge in [-0.1, -0.05) is 6.07 Å². The van der Waals surface area contributed by atoms with Crippen molar-refractivity contribution < 1.29 is 14.3 Å². The van der Waals surface area contributed by atoms with Crippen LogP contribution in [-0.2, 0) is 4.79 Å². The SMILES string of the molecule is COc1ccc(/C=C/C(=O)Nc2cccc(C#N)c2)c(OCCN(C)C)c1. The van der Waals surface area contributed by atoms with Crippen LogP contribution in [0.15, 0.2) is 48.5 Å². The van der Waals surface area contributed by atoms with Crippen LogP contribution in [0, 0.1) is 11.3 Å². The highest BCUT2D eigenvalue weighted by Gasteiger charge is 2.06. The second-order valence-corrected chi connectivity index (χ2v) is 6.07. The molecule has 6 heteroatoms. The molecule has 0 fully saturated rings. The Bertz CT molecular complexity index is 854. The molecule has 2 aromatic carbocycles. The van der Waals surface area contributed by atoms with E-state index in [-0.39, 0.29) is 5.91 Å². The number of amides is 1. The van der Waals surface area contributed by atoms with Gasteiger partial charge in [0, 0.05) is 29.9 Å². The van der Waals surface area contributed by atoms with E-state index in [0.717, 1.165) is 12.1 Å². The summed E-state index contributed by atoms with van der Waals surface area (Å²) in [5.74, 6) is 1.04. The molecule has 0 spiro atoms. The van der Waals surface area contributed by atoms with Crippen LogP contribution in [0.1, 0.15) is 11.1 Å². The average molecular weight is 365 g/mol. The molecule has 2 aromatic rings. The Morgan fingerprint density at radius 2 is 2.07 bits per heavy atom. The van der Waals surface area contributed by atoms with E-state index in [1.807, 2.05) is 37.2 Å². The summed E-state index contributed by atoms with van der Waals surface area (Å²) in [5.41, 5.74) is 1.83. The Morgan fingerprint density at radius 3 is 2.78 bits per heavy atom. The summed E-state index contributed by atoms with van der Waals surface area (Å²) in [6, 6.07) is 14.2. The number of ether oxygens (including phenoxy) is 2. The van der Waals surface area contributed by atoms with E-state index in [0.29, 0.717) is 29.4 Å². The van der Waals surface area contributed by atoms with Crippen molar-refractivity contribution >= 4 is 17.7 Å². The largest absolute Gasteiger partial charge is 0.497 e. The second kappa shape index (κ2) is 10.00. The molecule has 0 atom stereocenters. The van der Waals surface area contributed by atoms with Gasteiger partial charge in [-0.15, -0.1) is 0 Å². The zero-order valence-electron chi connectivity index (χ0n) is 15.7. The van der Waals surface area contributed by atoms with Gasteiger partial charge in [-0.05, 0) is 50.5 Å². The number of hydrogen-bond acceptors (Lipinski definition) is 5. The van der Waals surface area contributed by atoms with Crippen molar-refractivity contribution in [2.45, 2.75) is 0 Å². The zero-order chi connectivity index (χ0) is 19.6. The predicted octanol–water partition coefficient (Wildman–Crippen LogP) is 3.16. The van der Waals surface area contributed by atoms with Gasteiger partial charge in [0.05, 0.1) is 18.7 Å². The Labute approximate surface area is 159 Å². The number of nitriles is 1. The monoisotopic (exact) mass is 365 g/mol.